The van der Waals surface area contributed by atoms with Crippen molar-refractivity contribution < 1.29 is 0 Å². The number of hydrogen-bond donors (Lipinski definition) is 0. The number of hydrogen-bond acceptors (Lipinski definition) is 1. The average Bonchev–Trinajstić information content (AvgIpc) is 1.35. The van der Waals surface area contributed by atoms with Gasteiger partial charge in [0.2, 0.25) is 0 Å². The van der Waals surface area contributed by atoms with Gasteiger partial charge in [-0.25, -0.2) is 0 Å². The van der Waals surface area contributed by atoms with Gasteiger partial charge in [0, 0.05) is 11.8 Å². The Bertz CT molecular complexity index is 72.0. The Morgan fingerprint density at radius 2 is 2.33 bits per heavy atom. The summed E-state index contributed by atoms with van der Waals surface area (Å²) in [6, 6.07) is 0. The third kappa shape index (κ3) is 3.83. The molecule has 32 valence electrons. The second-order valence-electron chi connectivity index (χ2n) is 0.902. The molecule has 0 aromatic carbocycles. The highest BCUT2D eigenvalue weighted by Crippen LogP contribution is 1.74. The summed E-state index contributed by atoms with van der Waals surface area (Å²) in [7, 11) is 0. The lowest BCUT2D eigenvalue weighted by Gasteiger charge is -1.71. The SMILES string of the molecule is [CH]C(=S)/C=C/C. The predicted molar refractivity (Wildman–Crippen MR) is 31.7 cm³/mol. The smallest absolute Gasteiger partial charge is 0.0193 e. The number of rotatable bonds is 1. The van der Waals surface area contributed by atoms with E-state index in [1.165, 1.54) is 0 Å². The van der Waals surface area contributed by atoms with Crippen LogP contribution in [-0.4, -0.2) is 4.86 Å². The number of allylic oxidation sites excluding steroid dienone is 2. The van der Waals surface area contributed by atoms with E-state index in [9.17, 15) is 0 Å². The quantitative estimate of drug-likeness (QED) is 0.355. The van der Waals surface area contributed by atoms with Crippen molar-refractivity contribution >= 4 is 17.1 Å². The van der Waals surface area contributed by atoms with Crippen molar-refractivity contribution in [1.29, 1.82) is 0 Å². The van der Waals surface area contributed by atoms with Crippen molar-refractivity contribution in [2.45, 2.75) is 6.92 Å². The van der Waals surface area contributed by atoms with Crippen molar-refractivity contribution in [1.82, 2.24) is 0 Å². The lowest BCUT2D eigenvalue weighted by molar-refractivity contribution is 1.77. The Hall–Kier alpha value is -0.170. The Labute approximate surface area is 43.9 Å². The van der Waals surface area contributed by atoms with Gasteiger partial charge in [-0.3, -0.25) is 0 Å². The van der Waals surface area contributed by atoms with Crippen LogP contribution in [0.25, 0.3) is 0 Å². The van der Waals surface area contributed by atoms with Crippen molar-refractivity contribution in [3.63, 3.8) is 0 Å². The lowest BCUT2D eigenvalue weighted by atomic mass is 10.4. The Morgan fingerprint density at radius 3 is 2.33 bits per heavy atom. The summed E-state index contributed by atoms with van der Waals surface area (Å²) >= 11 is 4.49. The molecule has 0 amide bonds. The van der Waals surface area contributed by atoms with Crippen LogP contribution in [0.4, 0.5) is 0 Å². The Balaban J connectivity index is 3.30. The summed E-state index contributed by atoms with van der Waals surface area (Å²) < 4.78 is 0. The Kier molecular flexibility index (Phi) is 2.95. The first kappa shape index (κ1) is 5.83. The Morgan fingerprint density at radius 1 is 1.83 bits per heavy atom. The molecular weight excluding hydrogens is 92.1 g/mol. The maximum absolute atomic E-state index is 5.05. The van der Waals surface area contributed by atoms with E-state index in [1.807, 2.05) is 13.0 Å². The van der Waals surface area contributed by atoms with Gasteiger partial charge < -0.3 is 0 Å². The summed E-state index contributed by atoms with van der Waals surface area (Å²) in [4.78, 5) is 0.442. The molecule has 0 N–H and O–H groups in total. The van der Waals surface area contributed by atoms with Crippen LogP contribution in [0.2, 0.25) is 0 Å². The van der Waals surface area contributed by atoms with Crippen molar-refractivity contribution in [3.05, 3.63) is 19.1 Å². The van der Waals surface area contributed by atoms with Crippen LogP contribution in [0.5, 0.6) is 0 Å². The van der Waals surface area contributed by atoms with E-state index < -0.39 is 0 Å². The fourth-order valence-electron chi connectivity index (χ4n) is 0.164. The van der Waals surface area contributed by atoms with Crippen LogP contribution in [0, 0.1) is 6.92 Å². The van der Waals surface area contributed by atoms with E-state index in [2.05, 4.69) is 12.2 Å². The van der Waals surface area contributed by atoms with Gasteiger partial charge in [0.05, 0.1) is 0 Å². The van der Waals surface area contributed by atoms with Crippen LogP contribution in [0.15, 0.2) is 12.2 Å². The first-order valence-corrected chi connectivity index (χ1v) is 2.10. The highest BCUT2D eigenvalue weighted by atomic mass is 32.1. The van der Waals surface area contributed by atoms with Crippen LogP contribution in [0.3, 0.4) is 0 Å². The van der Waals surface area contributed by atoms with Gasteiger partial charge in [-0.15, -0.1) is 0 Å². The minimum Gasteiger partial charge on any atom is -0.0865 e. The molecular formula is C5H6S. The van der Waals surface area contributed by atoms with E-state index in [4.69, 9.17) is 6.92 Å². The van der Waals surface area contributed by atoms with Gasteiger partial charge in [-0.1, -0.05) is 24.4 Å². The van der Waals surface area contributed by atoms with Crippen LogP contribution in [0.1, 0.15) is 6.92 Å². The molecule has 0 aliphatic rings. The maximum atomic E-state index is 5.05. The van der Waals surface area contributed by atoms with Gasteiger partial charge in [0.25, 0.3) is 0 Å². The van der Waals surface area contributed by atoms with E-state index in [0.29, 0.717) is 4.86 Å². The lowest BCUT2D eigenvalue weighted by Crippen LogP contribution is -1.71. The molecule has 0 nitrogen and oxygen atoms in total. The molecule has 0 atom stereocenters. The molecule has 0 unspecified atom stereocenters. The van der Waals surface area contributed by atoms with Crippen molar-refractivity contribution in [3.8, 4) is 0 Å². The second-order valence-corrected chi connectivity index (χ2v) is 1.37. The van der Waals surface area contributed by atoms with Gasteiger partial charge in [-0.05, 0) is 6.92 Å². The highest BCUT2D eigenvalue weighted by molar-refractivity contribution is 7.81. The minimum absolute atomic E-state index is 0.442. The molecule has 0 bridgehead atoms. The summed E-state index contributed by atoms with van der Waals surface area (Å²) in [5.74, 6) is 0. The van der Waals surface area contributed by atoms with E-state index in [0.717, 1.165) is 0 Å². The molecule has 0 spiro atoms. The third-order valence-corrected chi connectivity index (χ3v) is 0.467. The molecule has 0 aliphatic heterocycles. The van der Waals surface area contributed by atoms with E-state index in [1.54, 1.807) is 6.08 Å². The van der Waals surface area contributed by atoms with Crippen molar-refractivity contribution in [2.24, 2.45) is 0 Å². The molecule has 6 heavy (non-hydrogen) atoms. The number of thiocarbonyl (C=S) groups is 1. The zero-order valence-electron chi connectivity index (χ0n) is 3.64. The van der Waals surface area contributed by atoms with Gasteiger partial charge in [0.15, 0.2) is 0 Å². The van der Waals surface area contributed by atoms with Crippen LogP contribution < -0.4 is 0 Å². The average molecular weight is 98.2 g/mol. The standard InChI is InChI=1S/C5H6S/c1-3-4-5(2)6/h2-4H,1H3/b4-3+. The molecule has 0 saturated heterocycles. The first-order valence-electron chi connectivity index (χ1n) is 1.69. The molecule has 0 rings (SSSR count). The molecule has 0 heterocycles. The summed E-state index contributed by atoms with van der Waals surface area (Å²) in [5, 5.41) is 0. The normalized spacial score (nSPS) is 9.67. The van der Waals surface area contributed by atoms with Gasteiger partial charge in [0.1, 0.15) is 0 Å². The fraction of sp³-hybridized carbons (Fsp3) is 0.200. The summed E-state index contributed by atoms with van der Waals surface area (Å²) in [6.45, 7) is 6.92. The minimum atomic E-state index is 0.442. The predicted octanol–water partition coefficient (Wildman–Crippen LogP) is 1.64. The molecule has 1 heteroatoms. The molecule has 2 radical (unpaired) electrons. The zero-order valence-corrected chi connectivity index (χ0v) is 4.46. The van der Waals surface area contributed by atoms with Crippen LogP contribution in [-0.2, 0) is 0 Å². The molecule has 0 fully saturated rings. The molecule has 0 aliphatic carbocycles. The fourth-order valence-corrected chi connectivity index (χ4v) is 0.300. The maximum Gasteiger partial charge on any atom is 0.0193 e. The summed E-state index contributed by atoms with van der Waals surface area (Å²) in [5.41, 5.74) is 0. The molecule has 0 saturated carbocycles. The highest BCUT2D eigenvalue weighted by Gasteiger charge is 1.68. The zero-order chi connectivity index (χ0) is 4.99. The van der Waals surface area contributed by atoms with E-state index >= 15 is 0 Å². The largest absolute Gasteiger partial charge is 0.0865 e. The van der Waals surface area contributed by atoms with E-state index in [-0.39, 0.29) is 0 Å². The van der Waals surface area contributed by atoms with Crippen LogP contribution >= 0.6 is 12.2 Å². The topological polar surface area (TPSA) is 0 Å². The first-order chi connectivity index (χ1) is 2.77. The molecule has 0 aromatic rings. The summed E-state index contributed by atoms with van der Waals surface area (Å²) in [6.07, 6.45) is 3.48. The monoisotopic (exact) mass is 98.0 g/mol. The van der Waals surface area contributed by atoms with Gasteiger partial charge >= 0.3 is 0 Å². The van der Waals surface area contributed by atoms with Gasteiger partial charge in [-0.2, -0.15) is 0 Å². The molecule has 0 aromatic heterocycles. The second kappa shape index (κ2) is 3.04. The van der Waals surface area contributed by atoms with Crippen molar-refractivity contribution in [2.75, 3.05) is 0 Å². The third-order valence-electron chi connectivity index (χ3n) is 0.331.